The van der Waals surface area contributed by atoms with Gasteiger partial charge < -0.3 is 5.32 Å². The molecule has 0 heterocycles. The molecular formula is C19H19F2NOS. The zero-order valence-corrected chi connectivity index (χ0v) is 14.0. The minimum absolute atomic E-state index is 0.00760. The summed E-state index contributed by atoms with van der Waals surface area (Å²) in [5, 5.41) is 3.10. The molecule has 1 aliphatic rings. The first-order valence-corrected chi connectivity index (χ1v) is 9.07. The lowest BCUT2D eigenvalue weighted by Crippen LogP contribution is -2.31. The molecule has 0 spiro atoms. The van der Waals surface area contributed by atoms with E-state index in [1.54, 1.807) is 0 Å². The third kappa shape index (κ3) is 4.15. The molecule has 1 aliphatic carbocycles. The normalized spacial score (nSPS) is 16.5. The van der Waals surface area contributed by atoms with Gasteiger partial charge in [0.25, 0.3) is 0 Å². The van der Waals surface area contributed by atoms with Crippen molar-refractivity contribution in [1.29, 1.82) is 0 Å². The molecule has 1 amide bonds. The van der Waals surface area contributed by atoms with Crippen LogP contribution in [0.25, 0.3) is 0 Å². The Labute approximate surface area is 144 Å². The van der Waals surface area contributed by atoms with Gasteiger partial charge in [0.2, 0.25) is 5.91 Å². The van der Waals surface area contributed by atoms with Crippen molar-refractivity contribution in [3.05, 3.63) is 65.2 Å². The number of nitrogens with one attached hydrogen (secondary N) is 1. The maximum atomic E-state index is 13.1. The summed E-state index contributed by atoms with van der Waals surface area (Å²) in [6, 6.07) is 12.1. The molecule has 3 rings (SSSR count). The summed E-state index contributed by atoms with van der Waals surface area (Å²) in [6.07, 6.45) is 3.45. The highest BCUT2D eigenvalue weighted by molar-refractivity contribution is 7.99. The average molecular weight is 347 g/mol. The largest absolute Gasteiger partial charge is 0.349 e. The van der Waals surface area contributed by atoms with Crippen LogP contribution in [-0.4, -0.2) is 11.7 Å². The molecule has 5 heteroatoms. The predicted molar refractivity (Wildman–Crippen MR) is 92.0 cm³/mol. The zero-order chi connectivity index (χ0) is 16.9. The summed E-state index contributed by atoms with van der Waals surface area (Å²) in [6.45, 7) is 0. The SMILES string of the molecule is O=C(CCSc1ccc(F)c(F)c1)N[C@H]1CCCc2ccccc21. The molecular weight excluding hydrogens is 328 g/mol. The van der Waals surface area contributed by atoms with E-state index in [0.717, 1.165) is 31.4 Å². The Morgan fingerprint density at radius 2 is 2.00 bits per heavy atom. The molecule has 126 valence electrons. The number of hydrogen-bond acceptors (Lipinski definition) is 2. The van der Waals surface area contributed by atoms with Crippen molar-refractivity contribution in [2.24, 2.45) is 0 Å². The highest BCUT2D eigenvalue weighted by atomic mass is 32.2. The fourth-order valence-electron chi connectivity index (χ4n) is 3.00. The van der Waals surface area contributed by atoms with Gasteiger partial charge in [-0.05, 0) is 48.6 Å². The Morgan fingerprint density at radius 3 is 2.83 bits per heavy atom. The number of aryl methyl sites for hydroxylation is 1. The van der Waals surface area contributed by atoms with E-state index in [9.17, 15) is 13.6 Å². The molecule has 0 saturated carbocycles. The van der Waals surface area contributed by atoms with Gasteiger partial charge in [-0.3, -0.25) is 4.79 Å². The summed E-state index contributed by atoms with van der Waals surface area (Å²) >= 11 is 1.35. The van der Waals surface area contributed by atoms with Crippen LogP contribution >= 0.6 is 11.8 Å². The maximum absolute atomic E-state index is 13.1. The Kier molecular flexibility index (Phi) is 5.51. The fraction of sp³-hybridized carbons (Fsp3) is 0.316. The quantitative estimate of drug-likeness (QED) is 0.798. The van der Waals surface area contributed by atoms with Gasteiger partial charge in [0.1, 0.15) is 0 Å². The van der Waals surface area contributed by atoms with Crippen LogP contribution in [0.1, 0.15) is 36.4 Å². The molecule has 0 radical (unpaired) electrons. The molecule has 0 saturated heterocycles. The van der Waals surface area contributed by atoms with Crippen LogP contribution in [0.2, 0.25) is 0 Å². The second kappa shape index (κ2) is 7.79. The zero-order valence-electron chi connectivity index (χ0n) is 13.2. The smallest absolute Gasteiger partial charge is 0.221 e. The van der Waals surface area contributed by atoms with Crippen molar-refractivity contribution in [1.82, 2.24) is 5.32 Å². The summed E-state index contributed by atoms with van der Waals surface area (Å²) in [4.78, 5) is 12.8. The lowest BCUT2D eigenvalue weighted by molar-refractivity contribution is -0.121. The van der Waals surface area contributed by atoms with E-state index in [2.05, 4.69) is 17.4 Å². The number of halogens is 2. The lowest BCUT2D eigenvalue weighted by atomic mass is 9.88. The van der Waals surface area contributed by atoms with Gasteiger partial charge in [-0.2, -0.15) is 0 Å². The van der Waals surface area contributed by atoms with Crippen LogP contribution in [0, 0.1) is 11.6 Å². The van der Waals surface area contributed by atoms with Gasteiger partial charge in [0.05, 0.1) is 6.04 Å². The number of carbonyl (C=O) groups excluding carboxylic acids is 1. The van der Waals surface area contributed by atoms with Gasteiger partial charge in [-0.25, -0.2) is 8.78 Å². The molecule has 0 fully saturated rings. The third-order valence-electron chi connectivity index (χ3n) is 4.19. The minimum Gasteiger partial charge on any atom is -0.349 e. The van der Waals surface area contributed by atoms with Crippen LogP contribution < -0.4 is 5.32 Å². The van der Waals surface area contributed by atoms with E-state index >= 15 is 0 Å². The van der Waals surface area contributed by atoms with Crippen LogP contribution in [0.3, 0.4) is 0 Å². The second-order valence-corrected chi connectivity index (χ2v) is 7.05. The lowest BCUT2D eigenvalue weighted by Gasteiger charge is -2.26. The average Bonchev–Trinajstić information content (AvgIpc) is 2.58. The highest BCUT2D eigenvalue weighted by Gasteiger charge is 2.21. The molecule has 24 heavy (non-hydrogen) atoms. The monoisotopic (exact) mass is 347 g/mol. The van der Waals surface area contributed by atoms with E-state index in [0.29, 0.717) is 17.1 Å². The number of thioether (sulfide) groups is 1. The maximum Gasteiger partial charge on any atom is 0.221 e. The van der Waals surface area contributed by atoms with Crippen LogP contribution in [-0.2, 0) is 11.2 Å². The molecule has 0 bridgehead atoms. The van der Waals surface area contributed by atoms with Crippen molar-refractivity contribution in [2.45, 2.75) is 36.6 Å². The highest BCUT2D eigenvalue weighted by Crippen LogP contribution is 2.29. The van der Waals surface area contributed by atoms with Gasteiger partial charge in [-0.1, -0.05) is 24.3 Å². The van der Waals surface area contributed by atoms with Gasteiger partial charge in [0.15, 0.2) is 11.6 Å². The van der Waals surface area contributed by atoms with E-state index in [4.69, 9.17) is 0 Å². The molecule has 1 atom stereocenters. The Balaban J connectivity index is 1.50. The molecule has 2 aromatic carbocycles. The number of rotatable bonds is 5. The number of hydrogen-bond donors (Lipinski definition) is 1. The molecule has 0 unspecified atom stereocenters. The molecule has 0 aliphatic heterocycles. The molecule has 2 nitrogen and oxygen atoms in total. The van der Waals surface area contributed by atoms with Crippen molar-refractivity contribution in [3.8, 4) is 0 Å². The third-order valence-corrected chi connectivity index (χ3v) is 5.19. The van der Waals surface area contributed by atoms with E-state index in [1.165, 1.54) is 29.0 Å². The first kappa shape index (κ1) is 17.0. The van der Waals surface area contributed by atoms with Crippen LogP contribution in [0.4, 0.5) is 8.78 Å². The van der Waals surface area contributed by atoms with E-state index in [1.807, 2.05) is 12.1 Å². The Hall–Kier alpha value is -1.88. The standard InChI is InChI=1S/C19H19F2NOS/c20-16-9-8-14(12-17(16)21)24-11-10-19(23)22-18-7-3-5-13-4-1-2-6-15(13)18/h1-2,4,6,8-9,12,18H,3,5,7,10-11H2,(H,22,23)/t18-/m0/s1. The topological polar surface area (TPSA) is 29.1 Å². The molecule has 1 N–H and O–H groups in total. The van der Waals surface area contributed by atoms with Gasteiger partial charge in [0, 0.05) is 17.1 Å². The van der Waals surface area contributed by atoms with Crippen molar-refractivity contribution in [2.75, 3.05) is 5.75 Å². The number of carbonyl (C=O) groups is 1. The number of amides is 1. The molecule has 0 aromatic heterocycles. The predicted octanol–water partition coefficient (Wildman–Crippen LogP) is 4.64. The van der Waals surface area contributed by atoms with E-state index in [-0.39, 0.29) is 11.9 Å². The van der Waals surface area contributed by atoms with Gasteiger partial charge >= 0.3 is 0 Å². The summed E-state index contributed by atoms with van der Waals surface area (Å²) in [5.41, 5.74) is 2.52. The minimum atomic E-state index is -0.858. The second-order valence-electron chi connectivity index (χ2n) is 5.89. The molecule has 2 aromatic rings. The first-order valence-electron chi connectivity index (χ1n) is 8.08. The van der Waals surface area contributed by atoms with Crippen molar-refractivity contribution >= 4 is 17.7 Å². The number of benzene rings is 2. The Morgan fingerprint density at radius 1 is 1.17 bits per heavy atom. The number of fused-ring (bicyclic) bond motifs is 1. The Bertz CT molecular complexity index is 735. The van der Waals surface area contributed by atoms with E-state index < -0.39 is 11.6 Å². The summed E-state index contributed by atoms with van der Waals surface area (Å²) in [5.74, 6) is -1.19. The van der Waals surface area contributed by atoms with Crippen molar-refractivity contribution < 1.29 is 13.6 Å². The van der Waals surface area contributed by atoms with Crippen LogP contribution in [0.15, 0.2) is 47.4 Å². The van der Waals surface area contributed by atoms with Crippen LogP contribution in [0.5, 0.6) is 0 Å². The fourth-order valence-corrected chi connectivity index (χ4v) is 3.87. The summed E-state index contributed by atoms with van der Waals surface area (Å²) in [7, 11) is 0. The first-order chi connectivity index (χ1) is 11.6. The van der Waals surface area contributed by atoms with Crippen molar-refractivity contribution in [3.63, 3.8) is 0 Å². The van der Waals surface area contributed by atoms with Gasteiger partial charge in [-0.15, -0.1) is 11.8 Å². The summed E-state index contributed by atoms with van der Waals surface area (Å²) < 4.78 is 26.0.